The number of likely N-dealkylation sites (N-methyl/N-ethyl adjacent to an activating group) is 2. The second kappa shape index (κ2) is 10.6. The molecule has 3 heterocycles. The average molecular weight is 492 g/mol. The molecule has 2 atom stereocenters. The van der Waals surface area contributed by atoms with Gasteiger partial charge in [-0.3, -0.25) is 38.6 Å². The summed E-state index contributed by atoms with van der Waals surface area (Å²) in [5.74, 6) is -2.35. The van der Waals surface area contributed by atoms with Gasteiger partial charge in [-0.05, 0) is 26.0 Å². The number of piperazine rings is 2. The summed E-state index contributed by atoms with van der Waals surface area (Å²) < 4.78 is 0. The van der Waals surface area contributed by atoms with Crippen LogP contribution < -0.4 is 0 Å². The Balaban J connectivity index is 0.000000248. The Labute approximate surface area is 201 Å². The molecule has 0 saturated carbocycles. The van der Waals surface area contributed by atoms with Crippen molar-refractivity contribution in [2.45, 2.75) is 39.8 Å². The van der Waals surface area contributed by atoms with Crippen molar-refractivity contribution in [3.8, 4) is 0 Å². The number of rotatable bonds is 1. The molecule has 2 unspecified atom stereocenters. The highest BCUT2D eigenvalue weighted by atomic mass is 35.5. The van der Waals surface area contributed by atoms with Crippen LogP contribution in [0.5, 0.6) is 0 Å². The van der Waals surface area contributed by atoms with Crippen LogP contribution in [0, 0.1) is 0 Å². The molecule has 0 aromatic carbocycles. The van der Waals surface area contributed by atoms with E-state index in [1.165, 1.54) is 30.6 Å². The minimum absolute atomic E-state index is 0.131. The topological polar surface area (TPSA) is 128 Å². The van der Waals surface area contributed by atoms with Gasteiger partial charge in [0, 0.05) is 39.7 Å². The maximum Gasteiger partial charge on any atom is 0.270 e. The summed E-state index contributed by atoms with van der Waals surface area (Å²) >= 11 is 5.96. The smallest absolute Gasteiger partial charge is 0.270 e. The van der Waals surface area contributed by atoms with Crippen LogP contribution >= 0.6 is 11.6 Å². The highest BCUT2D eigenvalue weighted by Crippen LogP contribution is 2.23. The fraction of sp³-hybridized carbons (Fsp3) is 0.409. The molecule has 11 nitrogen and oxygen atoms in total. The van der Waals surface area contributed by atoms with Crippen LogP contribution in [-0.2, 0) is 28.8 Å². The Morgan fingerprint density at radius 2 is 1.65 bits per heavy atom. The van der Waals surface area contributed by atoms with Crippen molar-refractivity contribution in [3.63, 3.8) is 0 Å². The first-order chi connectivity index (χ1) is 15.8. The number of hydrogen-bond acceptors (Lipinski definition) is 7. The third-order valence-corrected chi connectivity index (χ3v) is 5.86. The highest BCUT2D eigenvalue weighted by Gasteiger charge is 2.40. The van der Waals surface area contributed by atoms with E-state index in [9.17, 15) is 28.8 Å². The molecule has 2 aliphatic heterocycles. The minimum Gasteiger partial charge on any atom is -0.329 e. The molecule has 0 spiro atoms. The number of halogens is 1. The lowest BCUT2D eigenvalue weighted by Gasteiger charge is -2.36. The summed E-state index contributed by atoms with van der Waals surface area (Å²) in [6.07, 6.45) is 3.15. The minimum atomic E-state index is -0.896. The maximum atomic E-state index is 12.2. The lowest BCUT2D eigenvalue weighted by Crippen LogP contribution is -2.61. The van der Waals surface area contributed by atoms with E-state index in [0.29, 0.717) is 16.4 Å². The molecular formula is C22H26ClN5O6. The van der Waals surface area contributed by atoms with Crippen molar-refractivity contribution in [1.29, 1.82) is 0 Å². The largest absolute Gasteiger partial charge is 0.329 e. The second-order valence-corrected chi connectivity index (χ2v) is 8.16. The molecule has 0 radical (unpaired) electrons. The summed E-state index contributed by atoms with van der Waals surface area (Å²) in [5.41, 5.74) is 0.899. The van der Waals surface area contributed by atoms with Crippen molar-refractivity contribution in [2.24, 2.45) is 0 Å². The zero-order valence-corrected chi connectivity index (χ0v) is 20.5. The van der Waals surface area contributed by atoms with Gasteiger partial charge in [0.05, 0.1) is 0 Å². The Morgan fingerprint density at radius 1 is 1.03 bits per heavy atom. The Kier molecular flexibility index (Phi) is 8.27. The molecule has 0 aliphatic carbocycles. The summed E-state index contributed by atoms with van der Waals surface area (Å²) in [5, 5.41) is 0.296. The molecule has 2 saturated heterocycles. The fourth-order valence-electron chi connectivity index (χ4n) is 3.43. The van der Waals surface area contributed by atoms with Crippen molar-refractivity contribution in [1.82, 2.24) is 24.6 Å². The van der Waals surface area contributed by atoms with Crippen LogP contribution in [-0.4, -0.2) is 92.8 Å². The van der Waals surface area contributed by atoms with Gasteiger partial charge in [-0.15, -0.1) is 0 Å². The average Bonchev–Trinajstić information content (AvgIpc) is 2.77. The van der Waals surface area contributed by atoms with E-state index in [2.05, 4.69) is 4.98 Å². The predicted octanol–water partition coefficient (Wildman–Crippen LogP) is 0.534. The maximum absolute atomic E-state index is 12.2. The van der Waals surface area contributed by atoms with Gasteiger partial charge < -0.3 is 9.80 Å². The zero-order chi connectivity index (χ0) is 25.9. The van der Waals surface area contributed by atoms with Gasteiger partial charge in [0.2, 0.25) is 23.6 Å². The first-order valence-electron chi connectivity index (χ1n) is 10.3. The summed E-state index contributed by atoms with van der Waals surface area (Å²) in [6.45, 7) is 5.20. The number of hydrogen-bond donors (Lipinski definition) is 0. The van der Waals surface area contributed by atoms with Gasteiger partial charge in [0.1, 0.15) is 29.5 Å². The quantitative estimate of drug-likeness (QED) is 0.414. The number of aromatic nitrogens is 1. The van der Waals surface area contributed by atoms with E-state index in [-0.39, 0.29) is 18.4 Å². The molecule has 182 valence electrons. The molecule has 2 fully saturated rings. The highest BCUT2D eigenvalue weighted by molar-refractivity contribution is 6.31. The van der Waals surface area contributed by atoms with Crippen molar-refractivity contribution < 1.29 is 28.8 Å². The molecule has 1 aromatic rings. The Bertz CT molecular complexity index is 1090. The molecule has 2 aliphatic rings. The van der Waals surface area contributed by atoms with Crippen LogP contribution in [0.2, 0.25) is 5.15 Å². The molecule has 0 N–H and O–H groups in total. The van der Waals surface area contributed by atoms with Crippen LogP contribution in [0.3, 0.4) is 0 Å². The Morgan fingerprint density at radius 3 is 2.18 bits per heavy atom. The molecule has 3 rings (SSSR count). The molecular weight excluding hydrogens is 466 g/mol. The van der Waals surface area contributed by atoms with Crippen molar-refractivity contribution in [2.75, 3.05) is 20.6 Å². The van der Waals surface area contributed by atoms with E-state index in [1.54, 1.807) is 45.4 Å². The van der Waals surface area contributed by atoms with Crippen LogP contribution in [0.4, 0.5) is 0 Å². The number of amides is 6. The predicted molar refractivity (Wildman–Crippen MR) is 122 cm³/mol. The van der Waals surface area contributed by atoms with E-state index in [4.69, 9.17) is 11.6 Å². The van der Waals surface area contributed by atoms with E-state index >= 15 is 0 Å². The normalized spacial score (nSPS) is 22.1. The van der Waals surface area contributed by atoms with Crippen molar-refractivity contribution >= 4 is 53.1 Å². The number of carbonyl (C=O) groups is 6. The van der Waals surface area contributed by atoms with E-state index in [1.807, 2.05) is 0 Å². The zero-order valence-electron chi connectivity index (χ0n) is 19.7. The van der Waals surface area contributed by atoms with E-state index in [0.717, 1.165) is 9.80 Å². The van der Waals surface area contributed by atoms with Gasteiger partial charge in [-0.25, -0.2) is 4.98 Å². The third kappa shape index (κ3) is 5.30. The lowest BCUT2D eigenvalue weighted by molar-refractivity contribution is -0.165. The summed E-state index contributed by atoms with van der Waals surface area (Å²) in [6, 6.07) is 2.11. The molecule has 1 aromatic heterocycles. The van der Waals surface area contributed by atoms with Crippen LogP contribution in [0.15, 0.2) is 24.0 Å². The summed E-state index contributed by atoms with van der Waals surface area (Å²) in [7, 11) is 3.19. The second-order valence-electron chi connectivity index (χ2n) is 7.80. The van der Waals surface area contributed by atoms with E-state index < -0.39 is 35.7 Å². The monoisotopic (exact) mass is 491 g/mol. The number of imide groups is 2. The number of nitrogens with zero attached hydrogens (tertiary/aromatic N) is 5. The van der Waals surface area contributed by atoms with Crippen LogP contribution in [0.25, 0.3) is 6.08 Å². The third-order valence-electron chi connectivity index (χ3n) is 5.54. The first-order valence-corrected chi connectivity index (χ1v) is 10.7. The molecule has 12 heteroatoms. The number of pyridine rings is 1. The Hall–Kier alpha value is -3.60. The van der Waals surface area contributed by atoms with Gasteiger partial charge >= 0.3 is 0 Å². The summed E-state index contributed by atoms with van der Waals surface area (Å²) in [4.78, 5) is 77.8. The SMILES string of the molecule is CC(=O)N1CC(=O)N(C(C)=O)C(C)C1=O.CC1C(=O)N(C)C(=Cc2cccnc2Cl)C(=O)N1C. The number of carbonyl (C=O) groups excluding carboxylic acids is 6. The molecule has 6 amide bonds. The lowest BCUT2D eigenvalue weighted by atomic mass is 10.1. The van der Waals surface area contributed by atoms with Crippen molar-refractivity contribution in [3.05, 3.63) is 34.7 Å². The standard InChI is InChI=1S/C13H14ClN3O2.C9H12N2O4/c1-8-12(18)17(3)10(13(19)16(8)2)7-9-5-4-6-15-11(9)14;1-5-9(15)10(6(2)12)4-8(14)11(5)7(3)13/h4-8H,1-3H3;5H,4H2,1-3H3. The van der Waals surface area contributed by atoms with Gasteiger partial charge in [-0.1, -0.05) is 17.7 Å². The molecule has 34 heavy (non-hydrogen) atoms. The van der Waals surface area contributed by atoms with Gasteiger partial charge in [0.25, 0.3) is 11.8 Å². The fourth-order valence-corrected chi connectivity index (χ4v) is 3.61. The van der Waals surface area contributed by atoms with Gasteiger partial charge in [-0.2, -0.15) is 0 Å². The van der Waals surface area contributed by atoms with Crippen LogP contribution in [0.1, 0.15) is 33.3 Å². The first kappa shape index (κ1) is 26.7. The van der Waals surface area contributed by atoms with Gasteiger partial charge in [0.15, 0.2) is 0 Å². The molecule has 0 bridgehead atoms.